The number of rotatable bonds is 4. The maximum Gasteiger partial charge on any atom is 0.251 e. The van der Waals surface area contributed by atoms with Crippen LogP contribution in [0.25, 0.3) is 0 Å². The zero-order valence-electron chi connectivity index (χ0n) is 15.2. The molecule has 0 unspecified atom stereocenters. The summed E-state index contributed by atoms with van der Waals surface area (Å²) in [6.07, 6.45) is 5.28. The number of hydrogen-bond donors (Lipinski definition) is 1. The van der Waals surface area contributed by atoms with Crippen LogP contribution in [-0.4, -0.2) is 18.4 Å². The molecule has 4 rings (SSSR count). The van der Waals surface area contributed by atoms with E-state index in [0.717, 1.165) is 49.9 Å². The summed E-state index contributed by atoms with van der Waals surface area (Å²) < 4.78 is 13.2. The Labute approximate surface area is 158 Å². The Morgan fingerprint density at radius 3 is 2.26 bits per heavy atom. The average molecular weight is 366 g/mol. The number of carbonyl (C=O) groups is 2. The van der Waals surface area contributed by atoms with E-state index in [-0.39, 0.29) is 17.6 Å². The Kier molecular flexibility index (Phi) is 4.68. The highest BCUT2D eigenvalue weighted by atomic mass is 19.1. The topological polar surface area (TPSA) is 49.4 Å². The Morgan fingerprint density at radius 1 is 0.963 bits per heavy atom. The number of amides is 2. The molecule has 27 heavy (non-hydrogen) atoms. The minimum Gasteiger partial charge on any atom is -0.343 e. The predicted molar refractivity (Wildman–Crippen MR) is 102 cm³/mol. The maximum absolute atomic E-state index is 13.2. The van der Waals surface area contributed by atoms with Crippen molar-refractivity contribution in [2.24, 2.45) is 0 Å². The molecule has 5 heteroatoms. The third-order valence-corrected chi connectivity index (χ3v) is 5.72. The fraction of sp³-hybridized carbons (Fsp3) is 0.364. The van der Waals surface area contributed by atoms with Gasteiger partial charge in [-0.3, -0.25) is 9.59 Å². The number of piperidine rings is 1. The quantitative estimate of drug-likeness (QED) is 0.884. The number of carbonyl (C=O) groups excluding carboxylic acids is 2. The highest BCUT2D eigenvalue weighted by molar-refractivity contribution is 5.97. The van der Waals surface area contributed by atoms with Gasteiger partial charge in [0.15, 0.2) is 0 Å². The molecule has 1 saturated carbocycles. The van der Waals surface area contributed by atoms with Crippen molar-refractivity contribution in [3.63, 3.8) is 0 Å². The van der Waals surface area contributed by atoms with Crippen LogP contribution < -0.4 is 10.2 Å². The number of anilines is 1. The number of nitrogens with one attached hydrogen (secondary N) is 1. The van der Waals surface area contributed by atoms with E-state index in [2.05, 4.69) is 5.32 Å². The molecule has 4 nitrogen and oxygen atoms in total. The molecule has 1 aliphatic heterocycles. The van der Waals surface area contributed by atoms with E-state index in [1.807, 2.05) is 12.1 Å². The van der Waals surface area contributed by atoms with E-state index in [1.165, 1.54) is 12.1 Å². The van der Waals surface area contributed by atoms with Crippen molar-refractivity contribution in [3.05, 3.63) is 65.5 Å². The van der Waals surface area contributed by atoms with E-state index in [1.54, 1.807) is 29.2 Å². The van der Waals surface area contributed by atoms with Crippen LogP contribution in [0, 0.1) is 5.82 Å². The monoisotopic (exact) mass is 366 g/mol. The van der Waals surface area contributed by atoms with Crippen molar-refractivity contribution in [1.29, 1.82) is 0 Å². The van der Waals surface area contributed by atoms with Gasteiger partial charge in [0, 0.05) is 24.2 Å². The fourth-order valence-corrected chi connectivity index (χ4v) is 3.95. The van der Waals surface area contributed by atoms with Gasteiger partial charge in [-0.1, -0.05) is 12.1 Å². The van der Waals surface area contributed by atoms with Crippen LogP contribution in [0.5, 0.6) is 0 Å². The Balaban J connectivity index is 1.49. The molecule has 1 saturated heterocycles. The maximum atomic E-state index is 13.2. The molecule has 2 amide bonds. The lowest BCUT2D eigenvalue weighted by Gasteiger charge is -2.43. The normalized spacial score (nSPS) is 18.7. The number of hydrogen-bond acceptors (Lipinski definition) is 2. The van der Waals surface area contributed by atoms with Crippen molar-refractivity contribution < 1.29 is 14.0 Å². The fourth-order valence-electron chi connectivity index (χ4n) is 3.95. The van der Waals surface area contributed by atoms with Crippen LogP contribution in [-0.2, 0) is 10.3 Å². The first kappa shape index (κ1) is 17.7. The zero-order chi connectivity index (χ0) is 18.9. The first-order valence-corrected chi connectivity index (χ1v) is 9.56. The van der Waals surface area contributed by atoms with Gasteiger partial charge in [0.25, 0.3) is 5.91 Å². The van der Waals surface area contributed by atoms with Gasteiger partial charge in [-0.15, -0.1) is 0 Å². The second-order valence-electron chi connectivity index (χ2n) is 7.45. The molecular weight excluding hydrogens is 343 g/mol. The SMILES string of the molecule is O=C(NC1(c2ccc(F)cc2)CCC1)c1ccc(N2CCCCC2=O)cc1. The molecule has 0 bridgehead atoms. The summed E-state index contributed by atoms with van der Waals surface area (Å²) in [6, 6.07) is 13.6. The summed E-state index contributed by atoms with van der Waals surface area (Å²) in [5, 5.41) is 3.15. The number of benzene rings is 2. The average Bonchev–Trinajstić information content (AvgIpc) is 2.66. The van der Waals surface area contributed by atoms with Gasteiger partial charge in [0.2, 0.25) is 5.91 Å². The summed E-state index contributed by atoms with van der Waals surface area (Å²) in [5.41, 5.74) is 1.94. The van der Waals surface area contributed by atoms with Gasteiger partial charge in [-0.2, -0.15) is 0 Å². The van der Waals surface area contributed by atoms with E-state index in [0.29, 0.717) is 12.0 Å². The van der Waals surface area contributed by atoms with E-state index < -0.39 is 5.54 Å². The van der Waals surface area contributed by atoms with Crippen molar-refractivity contribution in [2.45, 2.75) is 44.1 Å². The van der Waals surface area contributed by atoms with Crippen molar-refractivity contribution in [3.8, 4) is 0 Å². The summed E-state index contributed by atoms with van der Waals surface area (Å²) in [4.78, 5) is 26.6. The van der Waals surface area contributed by atoms with Crippen molar-refractivity contribution in [2.75, 3.05) is 11.4 Å². The molecule has 2 aliphatic rings. The molecule has 2 fully saturated rings. The third kappa shape index (κ3) is 3.46. The van der Waals surface area contributed by atoms with Gasteiger partial charge in [-0.05, 0) is 74.1 Å². The largest absolute Gasteiger partial charge is 0.343 e. The standard InChI is InChI=1S/C22H23FN2O2/c23-18-9-7-17(8-10-18)22(13-3-14-22)24-21(27)16-5-11-19(12-6-16)25-15-2-1-4-20(25)26/h5-12H,1-4,13-15H2,(H,24,27). The number of halogens is 1. The molecule has 0 atom stereocenters. The van der Waals surface area contributed by atoms with E-state index in [4.69, 9.17) is 0 Å². The van der Waals surface area contributed by atoms with Gasteiger partial charge in [0.05, 0.1) is 5.54 Å². The Hall–Kier alpha value is -2.69. The molecular formula is C22H23FN2O2. The Bertz CT molecular complexity index is 842. The zero-order valence-corrected chi connectivity index (χ0v) is 15.2. The van der Waals surface area contributed by atoms with Gasteiger partial charge in [-0.25, -0.2) is 4.39 Å². The Morgan fingerprint density at radius 2 is 1.67 bits per heavy atom. The summed E-state index contributed by atoms with van der Waals surface area (Å²) in [6.45, 7) is 0.734. The molecule has 2 aromatic carbocycles. The van der Waals surface area contributed by atoms with Crippen molar-refractivity contribution >= 4 is 17.5 Å². The molecule has 2 aromatic rings. The minimum atomic E-state index is -0.410. The van der Waals surface area contributed by atoms with Gasteiger partial charge >= 0.3 is 0 Å². The van der Waals surface area contributed by atoms with Crippen LogP contribution in [0.1, 0.15) is 54.4 Å². The van der Waals surface area contributed by atoms with E-state index in [9.17, 15) is 14.0 Å². The molecule has 0 radical (unpaired) electrons. The molecule has 1 N–H and O–H groups in total. The summed E-state index contributed by atoms with van der Waals surface area (Å²) in [7, 11) is 0. The van der Waals surface area contributed by atoms with Crippen molar-refractivity contribution in [1.82, 2.24) is 5.32 Å². The van der Waals surface area contributed by atoms with Crippen LogP contribution in [0.3, 0.4) is 0 Å². The highest BCUT2D eigenvalue weighted by Gasteiger charge is 2.40. The lowest BCUT2D eigenvalue weighted by molar-refractivity contribution is -0.119. The van der Waals surface area contributed by atoms with E-state index >= 15 is 0 Å². The second-order valence-corrected chi connectivity index (χ2v) is 7.45. The molecule has 0 aromatic heterocycles. The van der Waals surface area contributed by atoms with Crippen LogP contribution in [0.15, 0.2) is 48.5 Å². The number of nitrogens with zero attached hydrogens (tertiary/aromatic N) is 1. The second kappa shape index (κ2) is 7.14. The lowest BCUT2D eigenvalue weighted by Crippen LogP contribution is -2.50. The van der Waals surface area contributed by atoms with Crippen LogP contribution in [0.4, 0.5) is 10.1 Å². The summed E-state index contributed by atoms with van der Waals surface area (Å²) in [5.74, 6) is -0.277. The highest BCUT2D eigenvalue weighted by Crippen LogP contribution is 2.41. The van der Waals surface area contributed by atoms with Gasteiger partial charge < -0.3 is 10.2 Å². The predicted octanol–water partition coefficient (Wildman–Crippen LogP) is 4.15. The molecule has 1 heterocycles. The smallest absolute Gasteiger partial charge is 0.251 e. The minimum absolute atomic E-state index is 0.142. The molecule has 1 aliphatic carbocycles. The van der Waals surface area contributed by atoms with Crippen LogP contribution >= 0.6 is 0 Å². The lowest BCUT2D eigenvalue weighted by atomic mass is 9.71. The van der Waals surface area contributed by atoms with Gasteiger partial charge in [0.1, 0.15) is 5.82 Å². The summed E-state index contributed by atoms with van der Waals surface area (Å²) >= 11 is 0. The molecule has 0 spiro atoms. The first-order valence-electron chi connectivity index (χ1n) is 9.56. The third-order valence-electron chi connectivity index (χ3n) is 5.72. The van der Waals surface area contributed by atoms with Crippen LogP contribution in [0.2, 0.25) is 0 Å². The first-order chi connectivity index (χ1) is 13.1. The molecule has 140 valence electrons.